The molecule has 0 radical (unpaired) electrons. The summed E-state index contributed by atoms with van der Waals surface area (Å²) in [5, 5.41) is 6.63. The number of aromatic nitrogens is 2. The van der Waals surface area contributed by atoms with E-state index in [1.807, 2.05) is 19.4 Å². The smallest absolute Gasteiger partial charge is 0.222 e. The van der Waals surface area contributed by atoms with Crippen LogP contribution in [0.1, 0.15) is 18.4 Å². The molecule has 0 unspecified atom stereocenters. The molecule has 0 spiro atoms. The van der Waals surface area contributed by atoms with Crippen LogP contribution in [-0.2, 0) is 6.54 Å². The molecule has 0 aliphatic carbocycles. The molecule has 1 aliphatic heterocycles. The molecule has 0 saturated carbocycles. The normalized spacial score (nSPS) is 16.4. The second kappa shape index (κ2) is 7.53. The summed E-state index contributed by atoms with van der Waals surface area (Å²) in [7, 11) is 4.13. The first-order valence-corrected chi connectivity index (χ1v) is 8.25. The topological polar surface area (TPSA) is 53.1 Å². The SMILES string of the molecule is CNCc1cccc(-c2cnc(NC3CCN(C)CC3)nc2)c1. The van der Waals surface area contributed by atoms with Gasteiger partial charge in [0, 0.05) is 30.5 Å². The van der Waals surface area contributed by atoms with E-state index >= 15 is 0 Å². The number of piperidine rings is 1. The highest BCUT2D eigenvalue weighted by molar-refractivity contribution is 5.62. The van der Waals surface area contributed by atoms with E-state index in [0.29, 0.717) is 6.04 Å². The van der Waals surface area contributed by atoms with Crippen LogP contribution in [0.5, 0.6) is 0 Å². The number of likely N-dealkylation sites (tertiary alicyclic amines) is 1. The lowest BCUT2D eigenvalue weighted by atomic mass is 10.1. The molecule has 1 aromatic heterocycles. The zero-order valence-electron chi connectivity index (χ0n) is 13.9. The molecule has 5 nitrogen and oxygen atoms in total. The van der Waals surface area contributed by atoms with Crippen LogP contribution in [0.4, 0.5) is 5.95 Å². The van der Waals surface area contributed by atoms with Crippen LogP contribution in [0.3, 0.4) is 0 Å². The number of rotatable bonds is 5. The fourth-order valence-electron chi connectivity index (χ4n) is 2.95. The standard InChI is InChI=1S/C18H25N5/c1-19-11-14-4-3-5-15(10-14)16-12-20-18(21-13-16)22-17-6-8-23(2)9-7-17/h3-5,10,12-13,17,19H,6-9,11H2,1-2H3,(H,20,21,22). The van der Waals surface area contributed by atoms with Crippen LogP contribution >= 0.6 is 0 Å². The maximum atomic E-state index is 4.49. The summed E-state index contributed by atoms with van der Waals surface area (Å²) in [6.45, 7) is 3.13. The molecule has 0 atom stereocenters. The first kappa shape index (κ1) is 15.9. The van der Waals surface area contributed by atoms with Crippen molar-refractivity contribution in [3.63, 3.8) is 0 Å². The van der Waals surface area contributed by atoms with E-state index in [1.54, 1.807) is 0 Å². The third-order valence-corrected chi connectivity index (χ3v) is 4.34. The Morgan fingerprint density at radius 2 is 1.87 bits per heavy atom. The highest BCUT2D eigenvalue weighted by atomic mass is 15.2. The molecular formula is C18H25N5. The van der Waals surface area contributed by atoms with Gasteiger partial charge >= 0.3 is 0 Å². The van der Waals surface area contributed by atoms with Crippen LogP contribution in [0.15, 0.2) is 36.7 Å². The molecule has 2 N–H and O–H groups in total. The van der Waals surface area contributed by atoms with E-state index in [1.165, 1.54) is 5.56 Å². The van der Waals surface area contributed by atoms with Crippen LogP contribution < -0.4 is 10.6 Å². The highest BCUT2D eigenvalue weighted by Gasteiger charge is 2.17. The van der Waals surface area contributed by atoms with Crippen LogP contribution in [-0.4, -0.2) is 48.1 Å². The lowest BCUT2D eigenvalue weighted by Gasteiger charge is -2.29. The molecule has 2 aromatic rings. The number of benzene rings is 1. The third kappa shape index (κ3) is 4.27. The van der Waals surface area contributed by atoms with Crippen molar-refractivity contribution in [1.82, 2.24) is 20.2 Å². The summed E-state index contributed by atoms with van der Waals surface area (Å²) >= 11 is 0. The third-order valence-electron chi connectivity index (χ3n) is 4.34. The zero-order valence-corrected chi connectivity index (χ0v) is 13.9. The van der Waals surface area contributed by atoms with Gasteiger partial charge in [-0.1, -0.05) is 18.2 Å². The van der Waals surface area contributed by atoms with Crippen LogP contribution in [0.2, 0.25) is 0 Å². The average Bonchev–Trinajstić information content (AvgIpc) is 2.58. The van der Waals surface area contributed by atoms with Gasteiger partial charge in [0.1, 0.15) is 0 Å². The Labute approximate surface area is 138 Å². The number of hydrogen-bond acceptors (Lipinski definition) is 5. The molecule has 1 saturated heterocycles. The lowest BCUT2D eigenvalue weighted by molar-refractivity contribution is 0.263. The maximum Gasteiger partial charge on any atom is 0.222 e. The lowest BCUT2D eigenvalue weighted by Crippen LogP contribution is -2.37. The minimum atomic E-state index is 0.482. The monoisotopic (exact) mass is 311 g/mol. The Bertz CT molecular complexity index is 618. The van der Waals surface area contributed by atoms with Crippen molar-refractivity contribution in [2.75, 3.05) is 32.5 Å². The predicted molar refractivity (Wildman–Crippen MR) is 94.4 cm³/mol. The second-order valence-electron chi connectivity index (χ2n) is 6.25. The Kier molecular flexibility index (Phi) is 5.20. The molecule has 23 heavy (non-hydrogen) atoms. The van der Waals surface area contributed by atoms with Gasteiger partial charge in [0.15, 0.2) is 0 Å². The molecule has 1 aromatic carbocycles. The minimum absolute atomic E-state index is 0.482. The van der Waals surface area contributed by atoms with E-state index in [0.717, 1.165) is 49.6 Å². The first-order chi connectivity index (χ1) is 11.2. The van der Waals surface area contributed by atoms with E-state index < -0.39 is 0 Å². The Morgan fingerprint density at radius 3 is 2.57 bits per heavy atom. The number of nitrogens with one attached hydrogen (secondary N) is 2. The number of nitrogens with zero attached hydrogens (tertiary/aromatic N) is 3. The molecule has 1 aliphatic rings. The van der Waals surface area contributed by atoms with Gasteiger partial charge in [-0.05, 0) is 57.2 Å². The Balaban J connectivity index is 1.66. The van der Waals surface area contributed by atoms with Gasteiger partial charge in [-0.25, -0.2) is 9.97 Å². The summed E-state index contributed by atoms with van der Waals surface area (Å²) in [6, 6.07) is 8.96. The molecule has 122 valence electrons. The van der Waals surface area contributed by atoms with Crippen molar-refractivity contribution in [2.24, 2.45) is 0 Å². The average molecular weight is 311 g/mol. The fraction of sp³-hybridized carbons (Fsp3) is 0.444. The van der Waals surface area contributed by atoms with E-state index in [2.05, 4.69) is 56.8 Å². The summed E-state index contributed by atoms with van der Waals surface area (Å²) in [4.78, 5) is 11.3. The summed E-state index contributed by atoms with van der Waals surface area (Å²) < 4.78 is 0. The van der Waals surface area contributed by atoms with Crippen LogP contribution in [0, 0.1) is 0 Å². The van der Waals surface area contributed by atoms with Crippen molar-refractivity contribution in [2.45, 2.75) is 25.4 Å². The van der Waals surface area contributed by atoms with Gasteiger partial charge in [0.2, 0.25) is 5.95 Å². The fourth-order valence-corrected chi connectivity index (χ4v) is 2.95. The van der Waals surface area contributed by atoms with Gasteiger partial charge in [-0.2, -0.15) is 0 Å². The maximum absolute atomic E-state index is 4.49. The van der Waals surface area contributed by atoms with Gasteiger partial charge in [-0.3, -0.25) is 0 Å². The number of hydrogen-bond donors (Lipinski definition) is 2. The van der Waals surface area contributed by atoms with E-state index in [4.69, 9.17) is 0 Å². The van der Waals surface area contributed by atoms with Gasteiger partial charge in [0.25, 0.3) is 0 Å². The van der Waals surface area contributed by atoms with Crippen molar-refractivity contribution >= 4 is 5.95 Å². The van der Waals surface area contributed by atoms with Crippen molar-refractivity contribution in [3.8, 4) is 11.1 Å². The molecule has 1 fully saturated rings. The largest absolute Gasteiger partial charge is 0.351 e. The first-order valence-electron chi connectivity index (χ1n) is 8.25. The summed E-state index contributed by atoms with van der Waals surface area (Å²) in [5.74, 6) is 0.731. The summed E-state index contributed by atoms with van der Waals surface area (Å²) in [6.07, 6.45) is 6.10. The van der Waals surface area contributed by atoms with Gasteiger partial charge < -0.3 is 15.5 Å². The van der Waals surface area contributed by atoms with Crippen molar-refractivity contribution in [1.29, 1.82) is 0 Å². The molecule has 5 heteroatoms. The highest BCUT2D eigenvalue weighted by Crippen LogP contribution is 2.20. The molecule has 2 heterocycles. The Hall–Kier alpha value is -1.98. The second-order valence-corrected chi connectivity index (χ2v) is 6.25. The quantitative estimate of drug-likeness (QED) is 0.888. The zero-order chi connectivity index (χ0) is 16.1. The molecule has 3 rings (SSSR count). The van der Waals surface area contributed by atoms with E-state index in [9.17, 15) is 0 Å². The molecule has 0 bridgehead atoms. The minimum Gasteiger partial charge on any atom is -0.351 e. The van der Waals surface area contributed by atoms with Crippen molar-refractivity contribution in [3.05, 3.63) is 42.2 Å². The Morgan fingerprint density at radius 1 is 1.13 bits per heavy atom. The van der Waals surface area contributed by atoms with Crippen molar-refractivity contribution < 1.29 is 0 Å². The summed E-state index contributed by atoms with van der Waals surface area (Å²) in [5.41, 5.74) is 3.47. The van der Waals surface area contributed by atoms with E-state index in [-0.39, 0.29) is 0 Å². The van der Waals surface area contributed by atoms with Crippen LogP contribution in [0.25, 0.3) is 11.1 Å². The number of anilines is 1. The predicted octanol–water partition coefficient (Wildman–Crippen LogP) is 2.37. The van der Waals surface area contributed by atoms with Gasteiger partial charge in [0.05, 0.1) is 0 Å². The van der Waals surface area contributed by atoms with Gasteiger partial charge in [-0.15, -0.1) is 0 Å². The molecular weight excluding hydrogens is 286 g/mol. The molecule has 0 amide bonds.